The van der Waals surface area contributed by atoms with E-state index >= 15 is 0 Å². The SMILES string of the molecule is Cl.Cl.N[C@H]1C[C@@H](N2Cc3ccc(S(=O)(=O)C4CC4)cc3C2)CO[C@@H]1c1cc(F)ccc1F. The molecule has 2 N–H and O–H groups in total. The maximum absolute atomic E-state index is 14.1. The van der Waals surface area contributed by atoms with Crippen molar-refractivity contribution in [3.8, 4) is 0 Å². The number of ether oxygens (including phenoxy) is 1. The average Bonchev–Trinajstić information content (AvgIpc) is 3.49. The van der Waals surface area contributed by atoms with Crippen LogP contribution in [0, 0.1) is 11.6 Å². The highest BCUT2D eigenvalue weighted by Crippen LogP contribution is 2.37. The lowest BCUT2D eigenvalue weighted by Crippen LogP contribution is -2.47. The number of nitrogens with zero attached hydrogens (tertiary/aromatic N) is 1. The van der Waals surface area contributed by atoms with E-state index in [1.807, 2.05) is 6.07 Å². The first-order valence-corrected chi connectivity index (χ1v) is 11.8. The summed E-state index contributed by atoms with van der Waals surface area (Å²) in [6.45, 7) is 1.68. The Bertz CT molecular complexity index is 1100. The molecule has 0 spiro atoms. The Morgan fingerprint density at radius 2 is 1.72 bits per heavy atom. The van der Waals surface area contributed by atoms with E-state index in [1.54, 1.807) is 12.1 Å². The summed E-state index contributed by atoms with van der Waals surface area (Å²) >= 11 is 0. The van der Waals surface area contributed by atoms with Crippen molar-refractivity contribution in [2.45, 2.75) is 60.7 Å². The molecular formula is C22H26Cl2F2N2O3S. The summed E-state index contributed by atoms with van der Waals surface area (Å²) in [6, 6.07) is 8.30. The molecule has 10 heteroatoms. The van der Waals surface area contributed by atoms with E-state index in [1.165, 1.54) is 0 Å². The Morgan fingerprint density at radius 1 is 1.00 bits per heavy atom. The number of hydrogen-bond acceptors (Lipinski definition) is 5. The molecule has 2 heterocycles. The number of nitrogens with two attached hydrogens (primary N) is 1. The molecule has 2 aliphatic heterocycles. The second kappa shape index (κ2) is 9.52. The predicted octanol–water partition coefficient (Wildman–Crippen LogP) is 3.92. The van der Waals surface area contributed by atoms with Crippen LogP contribution in [0.4, 0.5) is 8.78 Å². The molecule has 5 rings (SSSR count). The van der Waals surface area contributed by atoms with Gasteiger partial charge in [0.05, 0.1) is 16.8 Å². The van der Waals surface area contributed by atoms with Crippen LogP contribution in [0.3, 0.4) is 0 Å². The zero-order valence-electron chi connectivity index (χ0n) is 17.2. The number of benzene rings is 2. The largest absolute Gasteiger partial charge is 0.370 e. The van der Waals surface area contributed by atoms with Crippen LogP contribution in [0.15, 0.2) is 41.3 Å². The maximum Gasteiger partial charge on any atom is 0.181 e. The van der Waals surface area contributed by atoms with Crippen LogP contribution in [0.5, 0.6) is 0 Å². The van der Waals surface area contributed by atoms with Gasteiger partial charge in [0.2, 0.25) is 0 Å². The number of fused-ring (bicyclic) bond motifs is 1. The van der Waals surface area contributed by atoms with Crippen molar-refractivity contribution in [3.63, 3.8) is 0 Å². The molecule has 1 aliphatic carbocycles. The minimum atomic E-state index is -3.21. The van der Waals surface area contributed by atoms with E-state index in [0.717, 1.165) is 42.2 Å². The summed E-state index contributed by atoms with van der Waals surface area (Å²) in [7, 11) is -3.21. The van der Waals surface area contributed by atoms with Gasteiger partial charge in [-0.1, -0.05) is 6.07 Å². The van der Waals surface area contributed by atoms with Gasteiger partial charge in [-0.15, -0.1) is 24.8 Å². The highest BCUT2D eigenvalue weighted by molar-refractivity contribution is 7.92. The van der Waals surface area contributed by atoms with Crippen molar-refractivity contribution in [2.24, 2.45) is 5.73 Å². The van der Waals surface area contributed by atoms with Gasteiger partial charge in [0.15, 0.2) is 9.84 Å². The highest BCUT2D eigenvalue weighted by Gasteiger charge is 2.39. The summed E-state index contributed by atoms with van der Waals surface area (Å²) in [5, 5.41) is -0.224. The highest BCUT2D eigenvalue weighted by atomic mass is 35.5. The van der Waals surface area contributed by atoms with Gasteiger partial charge < -0.3 is 10.5 Å². The fraction of sp³-hybridized carbons (Fsp3) is 0.455. The van der Waals surface area contributed by atoms with Crippen molar-refractivity contribution in [1.29, 1.82) is 0 Å². The van der Waals surface area contributed by atoms with Gasteiger partial charge in [0.25, 0.3) is 0 Å². The van der Waals surface area contributed by atoms with E-state index in [9.17, 15) is 17.2 Å². The Balaban J connectivity index is 0.00000144. The topological polar surface area (TPSA) is 72.6 Å². The summed E-state index contributed by atoms with van der Waals surface area (Å²) in [4.78, 5) is 2.62. The molecule has 0 bridgehead atoms. The molecule has 2 aromatic rings. The molecule has 2 fully saturated rings. The molecule has 3 atom stereocenters. The molecule has 32 heavy (non-hydrogen) atoms. The normalized spacial score (nSPS) is 25.5. The summed E-state index contributed by atoms with van der Waals surface area (Å²) in [5.74, 6) is -1.04. The zero-order valence-corrected chi connectivity index (χ0v) is 19.7. The number of halogens is 4. The lowest BCUT2D eigenvalue weighted by Gasteiger charge is -2.38. The molecule has 1 saturated heterocycles. The van der Waals surface area contributed by atoms with Crippen molar-refractivity contribution in [3.05, 3.63) is 64.7 Å². The van der Waals surface area contributed by atoms with E-state index in [0.29, 0.717) is 31.0 Å². The van der Waals surface area contributed by atoms with Gasteiger partial charge in [-0.25, -0.2) is 17.2 Å². The molecule has 0 unspecified atom stereocenters. The van der Waals surface area contributed by atoms with E-state index < -0.39 is 33.6 Å². The first-order chi connectivity index (χ1) is 14.3. The van der Waals surface area contributed by atoms with Gasteiger partial charge in [-0.05, 0) is 60.7 Å². The van der Waals surface area contributed by atoms with Crippen LogP contribution in [-0.4, -0.2) is 37.3 Å². The van der Waals surface area contributed by atoms with Crippen LogP contribution in [0.25, 0.3) is 0 Å². The Labute approximate surface area is 199 Å². The predicted molar refractivity (Wildman–Crippen MR) is 122 cm³/mol. The maximum atomic E-state index is 14.1. The van der Waals surface area contributed by atoms with Crippen molar-refractivity contribution < 1.29 is 21.9 Å². The average molecular weight is 507 g/mol. The summed E-state index contributed by atoms with van der Waals surface area (Å²) < 4.78 is 58.7. The molecule has 5 nitrogen and oxygen atoms in total. The smallest absolute Gasteiger partial charge is 0.181 e. The van der Waals surface area contributed by atoms with Crippen molar-refractivity contribution >= 4 is 34.7 Å². The monoisotopic (exact) mass is 506 g/mol. The van der Waals surface area contributed by atoms with Gasteiger partial charge in [0, 0.05) is 30.7 Å². The van der Waals surface area contributed by atoms with Gasteiger partial charge in [-0.3, -0.25) is 4.90 Å². The third kappa shape index (κ3) is 4.67. The second-order valence-corrected chi connectivity index (χ2v) is 10.8. The molecule has 0 aromatic heterocycles. The lowest BCUT2D eigenvalue weighted by molar-refractivity contribution is -0.0531. The minimum absolute atomic E-state index is 0. The second-order valence-electron chi connectivity index (χ2n) is 8.55. The molecule has 0 radical (unpaired) electrons. The molecule has 3 aliphatic rings. The van der Waals surface area contributed by atoms with Crippen LogP contribution in [0.1, 0.15) is 42.1 Å². The number of hydrogen-bond donors (Lipinski definition) is 1. The third-order valence-electron chi connectivity index (χ3n) is 6.40. The van der Waals surface area contributed by atoms with Crippen molar-refractivity contribution in [1.82, 2.24) is 4.90 Å². The Morgan fingerprint density at radius 3 is 2.41 bits per heavy atom. The van der Waals surface area contributed by atoms with E-state index in [4.69, 9.17) is 10.5 Å². The zero-order chi connectivity index (χ0) is 21.0. The fourth-order valence-corrected chi connectivity index (χ4v) is 6.26. The van der Waals surface area contributed by atoms with Crippen LogP contribution in [-0.2, 0) is 27.7 Å². The number of sulfone groups is 1. The van der Waals surface area contributed by atoms with Crippen molar-refractivity contribution in [2.75, 3.05) is 6.61 Å². The fourth-order valence-electron chi connectivity index (χ4n) is 4.55. The van der Waals surface area contributed by atoms with E-state index in [2.05, 4.69) is 4.90 Å². The first kappa shape index (κ1) is 25.3. The molecule has 2 aromatic carbocycles. The lowest BCUT2D eigenvalue weighted by atomic mass is 9.93. The van der Waals surface area contributed by atoms with E-state index in [-0.39, 0.29) is 41.7 Å². The third-order valence-corrected chi connectivity index (χ3v) is 8.66. The summed E-state index contributed by atoms with van der Waals surface area (Å²) in [5.41, 5.74) is 8.57. The van der Waals surface area contributed by atoms with Crippen LogP contribution >= 0.6 is 24.8 Å². The molecule has 176 valence electrons. The van der Waals surface area contributed by atoms with Gasteiger partial charge >= 0.3 is 0 Å². The first-order valence-electron chi connectivity index (χ1n) is 10.2. The molecule has 1 saturated carbocycles. The quantitative estimate of drug-likeness (QED) is 0.680. The molecule has 0 amide bonds. The number of rotatable bonds is 4. The van der Waals surface area contributed by atoms with Gasteiger partial charge in [0.1, 0.15) is 17.7 Å². The molecular weight excluding hydrogens is 481 g/mol. The summed E-state index contributed by atoms with van der Waals surface area (Å²) in [6.07, 6.45) is 1.39. The Hall–Kier alpha value is -1.29. The van der Waals surface area contributed by atoms with Gasteiger partial charge in [-0.2, -0.15) is 0 Å². The van der Waals surface area contributed by atoms with Crippen LogP contribution in [0.2, 0.25) is 0 Å². The standard InChI is InChI=1S/C22H24F2N2O3S.2ClH/c23-15-2-6-20(24)19(8-15)22-21(25)9-16(12-29-22)26-10-13-1-3-18(7-14(13)11-26)30(27,28)17-4-5-17;;/h1-3,6-8,16-17,21-22H,4-5,9-12,25H2;2*1H/t16-,21+,22-;;/m1../s1. The minimum Gasteiger partial charge on any atom is -0.370 e. The van der Waals surface area contributed by atoms with Crippen LogP contribution < -0.4 is 5.73 Å². The Kier molecular flexibility index (Phi) is 7.54.